The molecule has 12 nitrogen and oxygen atoms in total. The predicted molar refractivity (Wildman–Crippen MR) is 215 cm³/mol. The lowest BCUT2D eigenvalue weighted by atomic mass is 9.53. The Morgan fingerprint density at radius 2 is 1.10 bits per heavy atom. The number of anilines is 2. The van der Waals surface area contributed by atoms with Crippen LogP contribution in [-0.2, 0) is 40.3 Å². The minimum absolute atomic E-state index is 0.104. The third-order valence-electron chi connectivity index (χ3n) is 18.7. The fourth-order valence-corrected chi connectivity index (χ4v) is 16.9. The molecule has 14 atom stereocenters. The highest BCUT2D eigenvalue weighted by Gasteiger charge is 2.77. The van der Waals surface area contributed by atoms with Gasteiger partial charge >= 0.3 is 0 Å². The summed E-state index contributed by atoms with van der Waals surface area (Å²) in [6, 6.07) is 19.6. The van der Waals surface area contributed by atoms with Crippen LogP contribution in [0.5, 0.6) is 0 Å². The lowest BCUT2D eigenvalue weighted by Crippen LogP contribution is -2.72. The zero-order valence-corrected chi connectivity index (χ0v) is 34.7. The van der Waals surface area contributed by atoms with Crippen LogP contribution in [0.15, 0.2) is 71.8 Å². The Balaban J connectivity index is 0.000000115. The summed E-state index contributed by atoms with van der Waals surface area (Å²) >= 11 is 0. The fraction of sp³-hybridized carbons (Fsp3) is 0.609. The average molecular weight is 823 g/mol. The number of hydrogen-bond acceptors (Lipinski definition) is 8. The largest absolute Gasteiger partial charge is 0.759 e. The molecule has 2 aromatic carbocycles. The lowest BCUT2D eigenvalue weighted by molar-refractivity contribution is -0.941. The van der Waals surface area contributed by atoms with E-state index in [0.29, 0.717) is 73.9 Å². The average Bonchev–Trinajstić information content (AvgIpc) is 3.87. The number of quaternary nitrogens is 2. The van der Waals surface area contributed by atoms with Gasteiger partial charge in [-0.2, -0.15) is 0 Å². The Kier molecular flexibility index (Phi) is 7.82. The monoisotopic (exact) mass is 822 g/mol. The van der Waals surface area contributed by atoms with Crippen molar-refractivity contribution >= 4 is 33.6 Å². The Bertz CT molecular complexity index is 2210. The minimum atomic E-state index is -5.17. The topological polar surface area (TPSA) is 139 Å². The third-order valence-corrected chi connectivity index (χ3v) is 18.7. The molecule has 2 unspecified atom stereocenters. The van der Waals surface area contributed by atoms with E-state index in [1.165, 1.54) is 96.4 Å². The van der Waals surface area contributed by atoms with Crippen molar-refractivity contribution in [2.24, 2.45) is 23.7 Å². The van der Waals surface area contributed by atoms with Crippen molar-refractivity contribution in [1.82, 2.24) is 0 Å². The number of carbonyl (C=O) groups is 2. The highest BCUT2D eigenvalue weighted by atomic mass is 32.3. The molecular formula is C46H54N4O8S. The highest BCUT2D eigenvalue weighted by molar-refractivity contribution is 7.79. The molecule has 0 aromatic heterocycles. The van der Waals surface area contributed by atoms with E-state index in [0.717, 1.165) is 0 Å². The molecule has 10 aliphatic heterocycles. The smallest absolute Gasteiger partial charge is 0.229 e. The zero-order valence-electron chi connectivity index (χ0n) is 33.9. The molecule has 2 saturated carbocycles. The fourth-order valence-electron chi connectivity index (χ4n) is 16.9. The number of piperidine rings is 4. The van der Waals surface area contributed by atoms with Crippen LogP contribution < -0.4 is 9.80 Å². The Labute approximate surface area is 346 Å². The van der Waals surface area contributed by atoms with Gasteiger partial charge in [0.1, 0.15) is 25.2 Å². The summed E-state index contributed by atoms with van der Waals surface area (Å²) in [7, 11) is -5.17. The molecule has 4 bridgehead atoms. The van der Waals surface area contributed by atoms with E-state index < -0.39 is 10.4 Å². The van der Waals surface area contributed by atoms with E-state index in [1.54, 1.807) is 11.1 Å². The van der Waals surface area contributed by atoms with Crippen molar-refractivity contribution in [2.45, 2.75) is 99.6 Å². The van der Waals surface area contributed by atoms with E-state index in [-0.39, 0.29) is 34.9 Å². The first kappa shape index (κ1) is 37.3. The molecule has 0 radical (unpaired) electrons. The molecule has 2 aliphatic carbocycles. The van der Waals surface area contributed by atoms with Gasteiger partial charge in [0, 0.05) is 59.3 Å². The number of hydrogen-bond donors (Lipinski definition) is 0. The Morgan fingerprint density at radius 3 is 1.51 bits per heavy atom. The van der Waals surface area contributed by atoms with Gasteiger partial charge in [-0.15, -0.1) is 0 Å². The molecule has 2 spiro atoms. The van der Waals surface area contributed by atoms with E-state index in [4.69, 9.17) is 27.0 Å². The molecule has 13 heteroatoms. The summed E-state index contributed by atoms with van der Waals surface area (Å²) in [5.41, 5.74) is 8.93. The van der Waals surface area contributed by atoms with E-state index in [2.05, 4.69) is 84.3 Å². The SMILES string of the molecule is CC[N+]12CC[C@@]34c5ccccc5N5C(=O)C[C@@H]6OCC=C(C1)[C@H](C[C@@H]32)[C@@H]6[C@H]54.CC[N+]12CC[C@@]34c5ccccc5N5C(=O)C[C@@H]6OCC=C(C1)[C@H](C[C@@H]32)[C@@H]6[C@H]54.O=S(=O)([O-])[O-]. The van der Waals surface area contributed by atoms with Gasteiger partial charge in [-0.25, -0.2) is 0 Å². The summed E-state index contributed by atoms with van der Waals surface area (Å²) in [4.78, 5) is 31.1. The second kappa shape index (κ2) is 12.4. The first-order valence-corrected chi connectivity index (χ1v) is 23.5. The van der Waals surface area contributed by atoms with E-state index in [1.807, 2.05) is 0 Å². The van der Waals surface area contributed by atoms with Crippen LogP contribution in [0.2, 0.25) is 0 Å². The van der Waals surface area contributed by atoms with Crippen LogP contribution >= 0.6 is 0 Å². The normalized spacial score (nSPS) is 45.1. The van der Waals surface area contributed by atoms with Crippen molar-refractivity contribution < 1.29 is 45.6 Å². The summed E-state index contributed by atoms with van der Waals surface area (Å²) < 4.78 is 49.2. The molecule has 0 N–H and O–H groups in total. The summed E-state index contributed by atoms with van der Waals surface area (Å²) in [6.45, 7) is 13.5. The lowest BCUT2D eigenvalue weighted by Gasteiger charge is -2.60. The van der Waals surface area contributed by atoms with Gasteiger partial charge in [0.25, 0.3) is 0 Å². The number of amides is 2. The van der Waals surface area contributed by atoms with Crippen LogP contribution in [0, 0.1) is 23.7 Å². The van der Waals surface area contributed by atoms with Crippen molar-refractivity contribution in [3.63, 3.8) is 0 Å². The standard InChI is InChI=1S/2C23H27N2O2.H2O4S/c2*1-2-25-9-8-23-16-5-3-4-6-17(16)24-20(26)12-18-21(22(23)24)15(11-19(23)25)14(13-25)7-10-27-18;1-5(2,3)4/h2*3-7,15,18-19,21-22H,2,8-13H2,1H3;(H2,1,2,3,4)/q2*+1;/p-2/t2*15-,18-,19-,21-,22-,23+,25?;/m00./s1. The van der Waals surface area contributed by atoms with Crippen LogP contribution in [0.25, 0.3) is 0 Å². The van der Waals surface area contributed by atoms with Gasteiger partial charge in [0.2, 0.25) is 11.8 Å². The Hall–Kier alpha value is -3.43. The molecule has 2 amide bonds. The molecule has 59 heavy (non-hydrogen) atoms. The maximum absolute atomic E-state index is 13.3. The number of fused-ring (bicyclic) bond motifs is 4. The van der Waals surface area contributed by atoms with Gasteiger partial charge in [-0.1, -0.05) is 48.6 Å². The highest BCUT2D eigenvalue weighted by Crippen LogP contribution is 2.69. The van der Waals surface area contributed by atoms with Crippen molar-refractivity contribution in [1.29, 1.82) is 0 Å². The molecule has 14 rings (SSSR count). The summed E-state index contributed by atoms with van der Waals surface area (Å²) in [6.07, 6.45) is 11.1. The second-order valence-corrected chi connectivity index (χ2v) is 20.7. The molecule has 312 valence electrons. The van der Waals surface area contributed by atoms with Crippen LogP contribution in [0.4, 0.5) is 11.4 Å². The van der Waals surface area contributed by atoms with Crippen LogP contribution in [0.1, 0.15) is 63.5 Å². The number of para-hydroxylation sites is 2. The van der Waals surface area contributed by atoms with Crippen LogP contribution in [0.3, 0.4) is 0 Å². The number of ether oxygens (including phenoxy) is 2. The number of nitrogens with zero attached hydrogens (tertiary/aromatic N) is 4. The number of likely N-dealkylation sites (N-methyl/N-ethyl adjacent to an activating group) is 2. The maximum atomic E-state index is 13.3. The maximum Gasteiger partial charge on any atom is 0.229 e. The van der Waals surface area contributed by atoms with Crippen molar-refractivity contribution in [3.8, 4) is 0 Å². The molecule has 10 heterocycles. The summed E-state index contributed by atoms with van der Waals surface area (Å²) in [5.74, 6) is 2.74. The molecule has 6 saturated heterocycles. The quantitative estimate of drug-likeness (QED) is 0.193. The Morgan fingerprint density at radius 1 is 0.695 bits per heavy atom. The molecular weight excluding hydrogens is 769 g/mol. The second-order valence-electron chi connectivity index (χ2n) is 19.9. The molecule has 8 fully saturated rings. The van der Waals surface area contributed by atoms with Gasteiger partial charge in [0.15, 0.2) is 0 Å². The number of rotatable bonds is 2. The minimum Gasteiger partial charge on any atom is -0.759 e. The molecule has 2 aromatic rings. The third kappa shape index (κ3) is 4.63. The van der Waals surface area contributed by atoms with Crippen LogP contribution in [-0.4, -0.2) is 127 Å². The van der Waals surface area contributed by atoms with E-state index in [9.17, 15) is 9.59 Å². The number of benzene rings is 2. The van der Waals surface area contributed by atoms with Gasteiger partial charge in [-0.05, 0) is 60.1 Å². The first-order valence-electron chi connectivity index (χ1n) is 22.2. The van der Waals surface area contributed by atoms with Gasteiger partial charge in [-0.3, -0.25) is 18.0 Å². The predicted octanol–water partition coefficient (Wildman–Crippen LogP) is 3.92. The van der Waals surface area contributed by atoms with Crippen molar-refractivity contribution in [2.75, 3.05) is 62.3 Å². The van der Waals surface area contributed by atoms with Crippen molar-refractivity contribution in [3.05, 3.63) is 83.0 Å². The van der Waals surface area contributed by atoms with E-state index >= 15 is 0 Å². The number of carbonyl (C=O) groups excluding carboxylic acids is 2. The zero-order chi connectivity index (χ0) is 40.4. The summed E-state index contributed by atoms with van der Waals surface area (Å²) in [5, 5.41) is 0. The molecule has 12 aliphatic rings. The first-order chi connectivity index (χ1) is 28.4. The van der Waals surface area contributed by atoms with Gasteiger partial charge in [0.05, 0.1) is 87.4 Å². The van der Waals surface area contributed by atoms with Gasteiger partial charge < -0.3 is 37.3 Å².